The molecule has 0 saturated heterocycles. The fourth-order valence-electron chi connectivity index (χ4n) is 1.24. The van der Waals surface area contributed by atoms with E-state index in [4.69, 9.17) is 10.8 Å². The van der Waals surface area contributed by atoms with Gasteiger partial charge in [0.2, 0.25) is 5.91 Å². The molecule has 2 amide bonds. The lowest BCUT2D eigenvalue weighted by molar-refractivity contribution is -0.139. The quantitative estimate of drug-likeness (QED) is 0.666. The number of carboxylic acids is 1. The van der Waals surface area contributed by atoms with Crippen molar-refractivity contribution in [1.82, 2.24) is 10.3 Å². The van der Waals surface area contributed by atoms with Gasteiger partial charge in [-0.15, -0.1) is 11.3 Å². The van der Waals surface area contributed by atoms with E-state index in [0.717, 1.165) is 0 Å². The number of nitrogens with two attached hydrogens (primary N) is 1. The summed E-state index contributed by atoms with van der Waals surface area (Å²) in [7, 11) is 0. The molecule has 1 rings (SSSR count). The molecule has 1 aromatic heterocycles. The monoisotopic (exact) mass is 271 g/mol. The molecule has 18 heavy (non-hydrogen) atoms. The number of thiazole rings is 1. The van der Waals surface area contributed by atoms with E-state index in [9.17, 15) is 14.4 Å². The van der Waals surface area contributed by atoms with E-state index in [0.29, 0.717) is 5.01 Å². The molecule has 1 aromatic rings. The van der Waals surface area contributed by atoms with E-state index in [1.54, 1.807) is 6.92 Å². The summed E-state index contributed by atoms with van der Waals surface area (Å²) in [4.78, 5) is 37.1. The van der Waals surface area contributed by atoms with Gasteiger partial charge in [0, 0.05) is 11.8 Å². The molecule has 7 nitrogen and oxygen atoms in total. The third kappa shape index (κ3) is 4.13. The van der Waals surface area contributed by atoms with Crippen molar-refractivity contribution in [3.8, 4) is 0 Å². The van der Waals surface area contributed by atoms with Crippen molar-refractivity contribution < 1.29 is 19.5 Å². The first kappa shape index (κ1) is 14.1. The predicted octanol–water partition coefficient (Wildman–Crippen LogP) is -0.1000. The maximum Gasteiger partial charge on any atom is 0.326 e. The second-order valence-electron chi connectivity index (χ2n) is 3.62. The number of nitrogens with one attached hydrogen (secondary N) is 1. The Hall–Kier alpha value is -1.96. The maximum absolute atomic E-state index is 11.7. The topological polar surface area (TPSA) is 122 Å². The molecule has 0 aliphatic heterocycles. The summed E-state index contributed by atoms with van der Waals surface area (Å²) in [6.45, 7) is 1.74. The largest absolute Gasteiger partial charge is 0.480 e. The first-order valence-electron chi connectivity index (χ1n) is 5.14. The Labute approximate surface area is 107 Å². The summed E-state index contributed by atoms with van der Waals surface area (Å²) in [5.74, 6) is -2.40. The van der Waals surface area contributed by atoms with E-state index in [2.05, 4.69) is 10.3 Å². The summed E-state index contributed by atoms with van der Waals surface area (Å²) >= 11 is 1.29. The van der Waals surface area contributed by atoms with Crippen molar-refractivity contribution in [3.05, 3.63) is 16.1 Å². The van der Waals surface area contributed by atoms with Crippen LogP contribution in [0.4, 0.5) is 0 Å². The van der Waals surface area contributed by atoms with Gasteiger partial charge in [-0.2, -0.15) is 0 Å². The summed E-state index contributed by atoms with van der Waals surface area (Å²) in [5.41, 5.74) is 5.10. The van der Waals surface area contributed by atoms with Gasteiger partial charge in [0.05, 0.1) is 5.01 Å². The van der Waals surface area contributed by atoms with Gasteiger partial charge in [0.15, 0.2) is 0 Å². The van der Waals surface area contributed by atoms with Crippen molar-refractivity contribution in [2.24, 2.45) is 5.73 Å². The molecule has 0 radical (unpaired) electrons. The molecule has 1 heterocycles. The first-order valence-corrected chi connectivity index (χ1v) is 6.02. The van der Waals surface area contributed by atoms with Crippen LogP contribution in [0.1, 0.15) is 28.3 Å². The Morgan fingerprint density at radius 3 is 2.67 bits per heavy atom. The minimum Gasteiger partial charge on any atom is -0.480 e. The molecule has 1 atom stereocenters. The fourth-order valence-corrected chi connectivity index (χ4v) is 1.84. The van der Waals surface area contributed by atoms with E-state index < -0.39 is 23.8 Å². The standard InChI is InChI=1S/C10H13N3O4S/c1-5-12-7(4-18-5)9(15)13-6(10(16)17)2-3-8(11)14/h4,6H,2-3H2,1H3,(H2,11,14)(H,13,15)(H,16,17)/t6-/m0/s1. The van der Waals surface area contributed by atoms with Crippen LogP contribution in [0.3, 0.4) is 0 Å². The lowest BCUT2D eigenvalue weighted by atomic mass is 10.1. The zero-order valence-electron chi connectivity index (χ0n) is 9.67. The number of hydrogen-bond donors (Lipinski definition) is 3. The molecule has 98 valence electrons. The minimum absolute atomic E-state index is 0.0421. The highest BCUT2D eigenvalue weighted by atomic mass is 32.1. The second-order valence-corrected chi connectivity index (χ2v) is 4.68. The third-order valence-electron chi connectivity index (χ3n) is 2.13. The average molecular weight is 271 g/mol. The van der Waals surface area contributed by atoms with Gasteiger partial charge in [-0.1, -0.05) is 0 Å². The Morgan fingerprint density at radius 2 is 2.22 bits per heavy atom. The number of aryl methyl sites for hydroxylation is 1. The highest BCUT2D eigenvalue weighted by Crippen LogP contribution is 2.08. The number of primary amides is 1. The summed E-state index contributed by atoms with van der Waals surface area (Å²) in [5, 5.41) is 13.5. The van der Waals surface area contributed by atoms with Crippen molar-refractivity contribution in [3.63, 3.8) is 0 Å². The van der Waals surface area contributed by atoms with Gasteiger partial charge in [-0.25, -0.2) is 9.78 Å². The first-order chi connectivity index (χ1) is 8.40. The molecular formula is C10H13N3O4S. The van der Waals surface area contributed by atoms with Crippen LogP contribution in [-0.4, -0.2) is 33.9 Å². The molecule has 0 fully saturated rings. The van der Waals surface area contributed by atoms with E-state index >= 15 is 0 Å². The zero-order chi connectivity index (χ0) is 13.7. The van der Waals surface area contributed by atoms with Gasteiger partial charge in [-0.3, -0.25) is 9.59 Å². The van der Waals surface area contributed by atoms with Crippen molar-refractivity contribution >= 4 is 29.1 Å². The number of carbonyl (C=O) groups is 3. The van der Waals surface area contributed by atoms with Gasteiger partial charge in [0.1, 0.15) is 11.7 Å². The number of aromatic nitrogens is 1. The number of carboxylic acid groups (broad SMARTS) is 1. The summed E-state index contributed by atoms with van der Waals surface area (Å²) < 4.78 is 0. The third-order valence-corrected chi connectivity index (χ3v) is 2.91. The SMILES string of the molecule is Cc1nc(C(=O)N[C@@H](CCC(N)=O)C(=O)O)cs1. The molecule has 8 heteroatoms. The molecule has 4 N–H and O–H groups in total. The van der Waals surface area contributed by atoms with Crippen LogP contribution in [0.5, 0.6) is 0 Å². The Morgan fingerprint density at radius 1 is 1.56 bits per heavy atom. The van der Waals surface area contributed by atoms with Crippen LogP contribution in [0.15, 0.2) is 5.38 Å². The molecule has 0 unspecified atom stereocenters. The van der Waals surface area contributed by atoms with Gasteiger partial charge < -0.3 is 16.2 Å². The molecular weight excluding hydrogens is 258 g/mol. The number of rotatable bonds is 6. The summed E-state index contributed by atoms with van der Waals surface area (Å²) in [6, 6.07) is -1.15. The molecule has 0 aromatic carbocycles. The maximum atomic E-state index is 11.7. The number of nitrogens with zero attached hydrogens (tertiary/aromatic N) is 1. The number of aliphatic carboxylic acids is 1. The lowest BCUT2D eigenvalue weighted by Crippen LogP contribution is -2.41. The molecule has 0 bridgehead atoms. The van der Waals surface area contributed by atoms with Crippen LogP contribution in [0.2, 0.25) is 0 Å². The normalized spacial score (nSPS) is 11.8. The highest BCUT2D eigenvalue weighted by Gasteiger charge is 2.22. The lowest BCUT2D eigenvalue weighted by Gasteiger charge is -2.12. The molecule has 0 aliphatic rings. The number of amides is 2. The van der Waals surface area contributed by atoms with Crippen LogP contribution in [0.25, 0.3) is 0 Å². The van der Waals surface area contributed by atoms with Crippen LogP contribution in [-0.2, 0) is 9.59 Å². The Kier molecular flexibility index (Phi) is 4.78. The van der Waals surface area contributed by atoms with Crippen LogP contribution >= 0.6 is 11.3 Å². The number of carbonyl (C=O) groups excluding carboxylic acids is 2. The van der Waals surface area contributed by atoms with Gasteiger partial charge >= 0.3 is 5.97 Å². The van der Waals surface area contributed by atoms with Crippen LogP contribution in [0, 0.1) is 6.92 Å². The van der Waals surface area contributed by atoms with Crippen molar-refractivity contribution in [2.75, 3.05) is 0 Å². The summed E-state index contributed by atoms with van der Waals surface area (Å²) in [6.07, 6.45) is -0.146. The Bertz CT molecular complexity index is 471. The molecule has 0 spiro atoms. The number of hydrogen-bond acceptors (Lipinski definition) is 5. The average Bonchev–Trinajstić information content (AvgIpc) is 2.70. The molecule has 0 aliphatic carbocycles. The van der Waals surface area contributed by atoms with E-state index in [1.165, 1.54) is 16.7 Å². The molecule has 0 saturated carbocycles. The van der Waals surface area contributed by atoms with Crippen molar-refractivity contribution in [2.45, 2.75) is 25.8 Å². The second kappa shape index (κ2) is 6.10. The zero-order valence-corrected chi connectivity index (χ0v) is 10.5. The van der Waals surface area contributed by atoms with Gasteiger partial charge in [-0.05, 0) is 13.3 Å². The minimum atomic E-state index is -1.21. The smallest absolute Gasteiger partial charge is 0.326 e. The van der Waals surface area contributed by atoms with Crippen molar-refractivity contribution in [1.29, 1.82) is 0 Å². The highest BCUT2D eigenvalue weighted by molar-refractivity contribution is 7.09. The van der Waals surface area contributed by atoms with Gasteiger partial charge in [0.25, 0.3) is 5.91 Å². The van der Waals surface area contributed by atoms with E-state index in [-0.39, 0.29) is 18.5 Å². The fraction of sp³-hybridized carbons (Fsp3) is 0.400. The predicted molar refractivity (Wildman–Crippen MR) is 64.2 cm³/mol. The Balaban J connectivity index is 2.63. The van der Waals surface area contributed by atoms with Crippen LogP contribution < -0.4 is 11.1 Å². The van der Waals surface area contributed by atoms with E-state index in [1.807, 2.05) is 0 Å².